The summed E-state index contributed by atoms with van der Waals surface area (Å²) in [6.07, 6.45) is 1.54. The summed E-state index contributed by atoms with van der Waals surface area (Å²) in [7, 11) is -2.41. The van der Waals surface area contributed by atoms with E-state index in [2.05, 4.69) is 0 Å². The molecule has 1 heterocycles. The molecule has 1 aromatic heterocycles. The van der Waals surface area contributed by atoms with E-state index in [9.17, 15) is 13.2 Å². The Morgan fingerprint density at radius 2 is 1.62 bits per heavy atom. The molecule has 0 aliphatic heterocycles. The zero-order valence-electron chi connectivity index (χ0n) is 18.5. The van der Waals surface area contributed by atoms with Gasteiger partial charge >= 0.3 is 0 Å². The summed E-state index contributed by atoms with van der Waals surface area (Å²) < 4.78 is 34.2. The van der Waals surface area contributed by atoms with Gasteiger partial charge in [-0.3, -0.25) is 9.10 Å². The molecule has 0 radical (unpaired) electrons. The second-order valence-corrected chi connectivity index (χ2v) is 9.99. The van der Waals surface area contributed by atoms with Crippen LogP contribution in [0.25, 0.3) is 0 Å². The number of hydrogen-bond donors (Lipinski definition) is 0. The van der Waals surface area contributed by atoms with E-state index >= 15 is 0 Å². The summed E-state index contributed by atoms with van der Waals surface area (Å²) in [6, 6.07) is 25.6. The molecule has 1 amide bonds. The first-order valence-corrected chi connectivity index (χ1v) is 12.4. The highest BCUT2D eigenvalue weighted by molar-refractivity contribution is 7.92. The number of para-hydroxylation sites is 1. The van der Waals surface area contributed by atoms with Crippen molar-refractivity contribution in [2.75, 3.05) is 11.4 Å². The summed E-state index contributed by atoms with van der Waals surface area (Å²) >= 11 is 6.39. The minimum Gasteiger partial charge on any atom is -0.467 e. The number of rotatable bonds is 8. The molecule has 4 aromatic rings. The molecule has 8 heteroatoms. The fourth-order valence-electron chi connectivity index (χ4n) is 3.55. The van der Waals surface area contributed by atoms with Crippen LogP contribution in [-0.2, 0) is 23.1 Å². The van der Waals surface area contributed by atoms with Gasteiger partial charge in [0.25, 0.3) is 15.9 Å². The van der Waals surface area contributed by atoms with E-state index in [1.54, 1.807) is 55.6 Å². The van der Waals surface area contributed by atoms with Gasteiger partial charge in [0.2, 0.25) is 0 Å². The second-order valence-electron chi connectivity index (χ2n) is 7.72. The number of carbonyl (C=O) groups is 1. The minimum atomic E-state index is -4.05. The van der Waals surface area contributed by atoms with Crippen LogP contribution in [0.5, 0.6) is 0 Å². The van der Waals surface area contributed by atoms with Gasteiger partial charge in [-0.15, -0.1) is 0 Å². The highest BCUT2D eigenvalue weighted by Crippen LogP contribution is 2.32. The Balaban J connectivity index is 1.69. The van der Waals surface area contributed by atoms with Crippen molar-refractivity contribution < 1.29 is 17.6 Å². The molecule has 0 bridgehead atoms. The van der Waals surface area contributed by atoms with E-state index in [0.29, 0.717) is 16.5 Å². The van der Waals surface area contributed by atoms with Crippen LogP contribution in [0, 0.1) is 0 Å². The van der Waals surface area contributed by atoms with Gasteiger partial charge in [-0.05, 0) is 48.0 Å². The third kappa shape index (κ3) is 5.16. The van der Waals surface area contributed by atoms with Gasteiger partial charge in [-0.2, -0.15) is 0 Å². The number of anilines is 1. The summed E-state index contributed by atoms with van der Waals surface area (Å²) in [5.41, 5.74) is 1.42. The van der Waals surface area contributed by atoms with Gasteiger partial charge in [0, 0.05) is 12.6 Å². The Morgan fingerprint density at radius 1 is 0.882 bits per heavy atom. The molecule has 0 saturated carbocycles. The Hall–Kier alpha value is -3.55. The van der Waals surface area contributed by atoms with Gasteiger partial charge in [-0.1, -0.05) is 60.1 Å². The first kappa shape index (κ1) is 23.6. The number of furan rings is 1. The maximum atomic E-state index is 13.8. The molecule has 0 aliphatic carbocycles. The van der Waals surface area contributed by atoms with Crippen LogP contribution < -0.4 is 4.31 Å². The molecule has 0 unspecified atom stereocenters. The number of hydrogen-bond acceptors (Lipinski definition) is 4. The molecule has 34 heavy (non-hydrogen) atoms. The van der Waals surface area contributed by atoms with Crippen LogP contribution >= 0.6 is 11.6 Å². The molecule has 3 aromatic carbocycles. The zero-order chi connectivity index (χ0) is 24.1. The first-order valence-electron chi connectivity index (χ1n) is 10.6. The molecule has 0 saturated heterocycles. The van der Waals surface area contributed by atoms with Gasteiger partial charge in [0.1, 0.15) is 5.76 Å². The number of sulfonamides is 1. The number of amides is 1. The third-order valence-electron chi connectivity index (χ3n) is 5.28. The normalized spacial score (nSPS) is 11.2. The van der Waals surface area contributed by atoms with Crippen molar-refractivity contribution in [3.05, 3.63) is 119 Å². The SMILES string of the molecule is CN(Cc1ccco1)C(=O)c1cccc(S(=O)(=O)N(Cc2ccccc2)c2ccccc2Cl)c1. The van der Waals surface area contributed by atoms with E-state index in [1.807, 2.05) is 30.3 Å². The van der Waals surface area contributed by atoms with Gasteiger partial charge < -0.3 is 9.32 Å². The largest absolute Gasteiger partial charge is 0.467 e. The van der Waals surface area contributed by atoms with Crippen molar-refractivity contribution in [3.63, 3.8) is 0 Å². The first-order chi connectivity index (χ1) is 16.4. The molecule has 0 fully saturated rings. The summed E-state index contributed by atoms with van der Waals surface area (Å²) in [4.78, 5) is 14.5. The lowest BCUT2D eigenvalue weighted by molar-refractivity contribution is 0.0775. The van der Waals surface area contributed by atoms with E-state index in [1.165, 1.54) is 27.6 Å². The van der Waals surface area contributed by atoms with Crippen molar-refractivity contribution in [1.29, 1.82) is 0 Å². The lowest BCUT2D eigenvalue weighted by Crippen LogP contribution is -2.31. The van der Waals surface area contributed by atoms with Crippen molar-refractivity contribution in [2.24, 2.45) is 0 Å². The smallest absolute Gasteiger partial charge is 0.264 e. The fraction of sp³-hybridized carbons (Fsp3) is 0.115. The second kappa shape index (κ2) is 10.2. The highest BCUT2D eigenvalue weighted by Gasteiger charge is 2.28. The fourth-order valence-corrected chi connectivity index (χ4v) is 5.35. The van der Waals surface area contributed by atoms with Crippen LogP contribution in [0.4, 0.5) is 5.69 Å². The average molecular weight is 495 g/mol. The summed E-state index contributed by atoms with van der Waals surface area (Å²) in [6.45, 7) is 0.353. The number of carbonyl (C=O) groups excluding carboxylic acids is 1. The molecule has 6 nitrogen and oxygen atoms in total. The predicted molar refractivity (Wildman–Crippen MR) is 132 cm³/mol. The average Bonchev–Trinajstić information content (AvgIpc) is 3.36. The highest BCUT2D eigenvalue weighted by atomic mass is 35.5. The minimum absolute atomic E-state index is 0.000555. The number of halogens is 1. The van der Waals surface area contributed by atoms with Gasteiger partial charge in [0.15, 0.2) is 0 Å². The topological polar surface area (TPSA) is 70.8 Å². The third-order valence-corrected chi connectivity index (χ3v) is 7.35. The monoisotopic (exact) mass is 494 g/mol. The molecule has 0 atom stereocenters. The summed E-state index contributed by atoms with van der Waals surface area (Å²) in [5, 5.41) is 0.312. The standard InChI is InChI=1S/C26H23ClN2O4S/c1-28(19-22-12-8-16-33-22)26(30)21-11-7-13-23(17-21)34(31,32)29(18-20-9-3-2-4-10-20)25-15-6-5-14-24(25)27/h2-17H,18-19H2,1H3. The van der Waals surface area contributed by atoms with Gasteiger partial charge in [-0.25, -0.2) is 8.42 Å². The number of benzene rings is 3. The molecule has 0 aliphatic rings. The molecular formula is C26H23ClN2O4S. The van der Waals surface area contributed by atoms with Crippen molar-refractivity contribution >= 4 is 33.2 Å². The van der Waals surface area contributed by atoms with E-state index in [0.717, 1.165) is 5.56 Å². The van der Waals surface area contributed by atoms with Crippen molar-refractivity contribution in [2.45, 2.75) is 18.0 Å². The van der Waals surface area contributed by atoms with Crippen molar-refractivity contribution in [3.8, 4) is 0 Å². The Morgan fingerprint density at radius 3 is 2.32 bits per heavy atom. The summed E-state index contributed by atoms with van der Waals surface area (Å²) in [5.74, 6) is 0.313. The lowest BCUT2D eigenvalue weighted by Gasteiger charge is -2.26. The van der Waals surface area contributed by atoms with Crippen LogP contribution in [-0.4, -0.2) is 26.3 Å². The number of nitrogens with zero attached hydrogens (tertiary/aromatic N) is 2. The Labute approximate surface area is 204 Å². The van der Waals surface area contributed by atoms with Crippen LogP contribution in [0.15, 0.2) is 107 Å². The maximum Gasteiger partial charge on any atom is 0.264 e. The Kier molecular flexibility index (Phi) is 7.05. The van der Waals surface area contributed by atoms with Crippen LogP contribution in [0.1, 0.15) is 21.7 Å². The molecule has 4 rings (SSSR count). The molecule has 174 valence electrons. The Bertz CT molecular complexity index is 1370. The van der Waals surface area contributed by atoms with E-state index in [-0.39, 0.29) is 29.5 Å². The maximum absolute atomic E-state index is 13.8. The zero-order valence-corrected chi connectivity index (χ0v) is 20.0. The molecule has 0 N–H and O–H groups in total. The van der Waals surface area contributed by atoms with E-state index < -0.39 is 10.0 Å². The molecule has 0 spiro atoms. The quantitative estimate of drug-likeness (QED) is 0.319. The van der Waals surface area contributed by atoms with Gasteiger partial charge in [0.05, 0.1) is 35.0 Å². The molecular weight excluding hydrogens is 472 g/mol. The van der Waals surface area contributed by atoms with Crippen molar-refractivity contribution in [1.82, 2.24) is 4.90 Å². The lowest BCUT2D eigenvalue weighted by atomic mass is 10.2. The van der Waals surface area contributed by atoms with E-state index in [4.69, 9.17) is 16.0 Å². The van der Waals surface area contributed by atoms with Crippen LogP contribution in [0.2, 0.25) is 5.02 Å². The van der Waals surface area contributed by atoms with Crippen LogP contribution in [0.3, 0.4) is 0 Å². The predicted octanol–water partition coefficient (Wildman–Crippen LogP) is 5.60.